The normalized spacial score (nSPS) is 11.6. The third kappa shape index (κ3) is 4.62. The van der Waals surface area contributed by atoms with E-state index in [-0.39, 0.29) is 12.3 Å². The minimum Gasteiger partial charge on any atom is -0.494 e. The number of aliphatic carboxylic acids is 1. The van der Waals surface area contributed by atoms with Crippen molar-refractivity contribution < 1.29 is 23.8 Å². The molecule has 6 nitrogen and oxygen atoms in total. The van der Waals surface area contributed by atoms with Crippen LogP contribution in [0.3, 0.4) is 0 Å². The first-order valence-electron chi connectivity index (χ1n) is 6.51. The fraction of sp³-hybridized carbons (Fsp3) is 0.429. The number of anilines is 1. The lowest BCUT2D eigenvalue weighted by molar-refractivity contribution is -0.141. The maximum atomic E-state index is 13.3. The van der Waals surface area contributed by atoms with Gasteiger partial charge in [0.05, 0.1) is 13.0 Å². The fourth-order valence-electron chi connectivity index (χ4n) is 1.70. The first-order valence-corrected chi connectivity index (χ1v) is 6.51. The molecule has 0 spiro atoms. The summed E-state index contributed by atoms with van der Waals surface area (Å²) in [6.45, 7) is 3.73. The number of urea groups is 1. The summed E-state index contributed by atoms with van der Waals surface area (Å²) < 4.78 is 18.1. The smallest absolute Gasteiger partial charge is 0.321 e. The van der Waals surface area contributed by atoms with E-state index in [0.29, 0.717) is 12.2 Å². The molecule has 0 heterocycles. The number of methoxy groups -OCH3 is 1. The van der Waals surface area contributed by atoms with Crippen molar-refractivity contribution in [1.82, 2.24) is 4.90 Å². The summed E-state index contributed by atoms with van der Waals surface area (Å²) in [5, 5.41) is 11.5. The molecule has 0 radical (unpaired) electrons. The van der Waals surface area contributed by atoms with Gasteiger partial charge in [-0.1, -0.05) is 6.92 Å². The molecular formula is C14H19FN2O4. The number of carbonyl (C=O) groups excluding carboxylic acids is 1. The van der Waals surface area contributed by atoms with Crippen molar-refractivity contribution >= 4 is 17.7 Å². The van der Waals surface area contributed by atoms with Gasteiger partial charge in [-0.25, -0.2) is 9.18 Å². The number of benzene rings is 1. The van der Waals surface area contributed by atoms with Crippen LogP contribution in [0.5, 0.6) is 5.75 Å². The second-order valence-electron chi connectivity index (χ2n) is 4.56. The van der Waals surface area contributed by atoms with Crippen molar-refractivity contribution in [3.05, 3.63) is 24.0 Å². The van der Waals surface area contributed by atoms with Crippen LogP contribution in [0.25, 0.3) is 0 Å². The zero-order valence-electron chi connectivity index (χ0n) is 12.2. The maximum Gasteiger partial charge on any atom is 0.321 e. The minimum atomic E-state index is -0.968. The number of rotatable bonds is 6. The number of amides is 2. The number of hydrogen-bond donors (Lipinski definition) is 2. The van der Waals surface area contributed by atoms with Gasteiger partial charge in [0, 0.05) is 24.8 Å². The summed E-state index contributed by atoms with van der Waals surface area (Å²) >= 11 is 0. The summed E-state index contributed by atoms with van der Waals surface area (Å²) in [5.41, 5.74) is 0.375. The Labute approximate surface area is 122 Å². The standard InChI is InChI=1S/C14H19FN2O4/c1-4-17(8-9(2)13(18)19)14(20)16-10-5-6-11(15)12(7-10)21-3/h5-7,9H,4,8H2,1-3H3,(H,16,20)(H,18,19). The van der Waals surface area contributed by atoms with Crippen LogP contribution >= 0.6 is 0 Å². The van der Waals surface area contributed by atoms with Crippen LogP contribution in [-0.4, -0.2) is 42.2 Å². The molecule has 116 valence electrons. The van der Waals surface area contributed by atoms with Crippen LogP contribution in [0.1, 0.15) is 13.8 Å². The van der Waals surface area contributed by atoms with Crippen LogP contribution in [0, 0.1) is 11.7 Å². The predicted molar refractivity (Wildman–Crippen MR) is 76.0 cm³/mol. The Morgan fingerprint density at radius 1 is 1.48 bits per heavy atom. The summed E-state index contributed by atoms with van der Waals surface area (Å²) in [6, 6.07) is 3.51. The van der Waals surface area contributed by atoms with Crippen molar-refractivity contribution in [2.75, 3.05) is 25.5 Å². The van der Waals surface area contributed by atoms with E-state index in [9.17, 15) is 14.0 Å². The van der Waals surface area contributed by atoms with Crippen molar-refractivity contribution in [3.63, 3.8) is 0 Å². The number of carbonyl (C=O) groups is 2. The van der Waals surface area contributed by atoms with E-state index in [1.807, 2.05) is 0 Å². The van der Waals surface area contributed by atoms with Crippen LogP contribution in [-0.2, 0) is 4.79 Å². The van der Waals surface area contributed by atoms with Crippen molar-refractivity contribution in [1.29, 1.82) is 0 Å². The molecule has 0 saturated carbocycles. The molecule has 1 atom stereocenters. The van der Waals surface area contributed by atoms with Crippen LogP contribution in [0.4, 0.5) is 14.9 Å². The van der Waals surface area contributed by atoms with Gasteiger partial charge in [0.15, 0.2) is 11.6 Å². The quantitative estimate of drug-likeness (QED) is 0.845. The lowest BCUT2D eigenvalue weighted by atomic mass is 10.2. The number of halogens is 1. The predicted octanol–water partition coefficient (Wildman–Crippen LogP) is 2.41. The fourth-order valence-corrected chi connectivity index (χ4v) is 1.70. The Morgan fingerprint density at radius 2 is 2.14 bits per heavy atom. The SMILES string of the molecule is CCN(CC(C)C(=O)O)C(=O)Nc1ccc(F)c(OC)c1. The third-order valence-electron chi connectivity index (χ3n) is 2.99. The van der Waals surface area contributed by atoms with E-state index in [0.717, 1.165) is 0 Å². The van der Waals surface area contributed by atoms with Crippen LogP contribution < -0.4 is 10.1 Å². The Bertz CT molecular complexity index is 522. The van der Waals surface area contributed by atoms with E-state index in [1.165, 1.54) is 37.1 Å². The van der Waals surface area contributed by atoms with Gasteiger partial charge in [0.25, 0.3) is 0 Å². The highest BCUT2D eigenvalue weighted by Crippen LogP contribution is 2.21. The Morgan fingerprint density at radius 3 is 2.67 bits per heavy atom. The Hall–Kier alpha value is -2.31. The van der Waals surface area contributed by atoms with Gasteiger partial charge in [-0.3, -0.25) is 4.79 Å². The summed E-state index contributed by atoms with van der Waals surface area (Å²) in [5.74, 6) is -2.14. The van der Waals surface area contributed by atoms with E-state index >= 15 is 0 Å². The number of ether oxygens (including phenoxy) is 1. The second-order valence-corrected chi connectivity index (χ2v) is 4.56. The zero-order valence-corrected chi connectivity index (χ0v) is 12.2. The summed E-state index contributed by atoms with van der Waals surface area (Å²) in [6.07, 6.45) is 0. The molecule has 7 heteroatoms. The zero-order chi connectivity index (χ0) is 16.0. The van der Waals surface area contributed by atoms with Gasteiger partial charge in [-0.05, 0) is 19.1 Å². The molecule has 1 unspecified atom stereocenters. The number of carboxylic acids is 1. The maximum absolute atomic E-state index is 13.3. The monoisotopic (exact) mass is 298 g/mol. The highest BCUT2D eigenvalue weighted by atomic mass is 19.1. The molecule has 0 aliphatic heterocycles. The van der Waals surface area contributed by atoms with E-state index < -0.39 is 23.7 Å². The highest BCUT2D eigenvalue weighted by molar-refractivity contribution is 5.89. The number of carboxylic acid groups (broad SMARTS) is 1. The first kappa shape index (κ1) is 16.7. The van der Waals surface area contributed by atoms with Gasteiger partial charge in [-0.2, -0.15) is 0 Å². The van der Waals surface area contributed by atoms with Gasteiger partial charge in [0.1, 0.15) is 0 Å². The molecule has 0 bridgehead atoms. The average Bonchev–Trinajstić information content (AvgIpc) is 2.46. The molecule has 2 amide bonds. The van der Waals surface area contributed by atoms with Crippen LogP contribution in [0.15, 0.2) is 18.2 Å². The lowest BCUT2D eigenvalue weighted by Crippen LogP contribution is -2.39. The molecule has 1 aromatic carbocycles. The second kappa shape index (κ2) is 7.47. The molecular weight excluding hydrogens is 279 g/mol. The number of hydrogen-bond acceptors (Lipinski definition) is 3. The molecule has 1 rings (SSSR count). The average molecular weight is 298 g/mol. The molecule has 0 aliphatic rings. The van der Waals surface area contributed by atoms with E-state index in [4.69, 9.17) is 9.84 Å². The molecule has 21 heavy (non-hydrogen) atoms. The Balaban J connectivity index is 2.76. The van der Waals surface area contributed by atoms with E-state index in [2.05, 4.69) is 5.32 Å². The summed E-state index contributed by atoms with van der Waals surface area (Å²) in [4.78, 5) is 24.3. The molecule has 0 saturated heterocycles. The van der Waals surface area contributed by atoms with Crippen molar-refractivity contribution in [3.8, 4) is 5.75 Å². The summed E-state index contributed by atoms with van der Waals surface area (Å²) in [7, 11) is 1.33. The topological polar surface area (TPSA) is 78.9 Å². The minimum absolute atomic E-state index is 0.0229. The lowest BCUT2D eigenvalue weighted by Gasteiger charge is -2.23. The van der Waals surface area contributed by atoms with Gasteiger partial charge < -0.3 is 20.1 Å². The van der Waals surface area contributed by atoms with Gasteiger partial charge in [0.2, 0.25) is 0 Å². The largest absolute Gasteiger partial charge is 0.494 e. The molecule has 0 aromatic heterocycles. The molecule has 1 aromatic rings. The first-order chi connectivity index (χ1) is 9.88. The highest BCUT2D eigenvalue weighted by Gasteiger charge is 2.19. The Kier molecular flexibility index (Phi) is 5.95. The third-order valence-corrected chi connectivity index (χ3v) is 2.99. The van der Waals surface area contributed by atoms with Crippen molar-refractivity contribution in [2.24, 2.45) is 5.92 Å². The molecule has 0 fully saturated rings. The van der Waals surface area contributed by atoms with Gasteiger partial charge in [-0.15, -0.1) is 0 Å². The van der Waals surface area contributed by atoms with Crippen molar-refractivity contribution in [2.45, 2.75) is 13.8 Å². The number of nitrogens with one attached hydrogen (secondary N) is 1. The molecule has 2 N–H and O–H groups in total. The number of nitrogens with zero attached hydrogens (tertiary/aromatic N) is 1. The molecule has 0 aliphatic carbocycles. The van der Waals surface area contributed by atoms with E-state index in [1.54, 1.807) is 6.92 Å². The van der Waals surface area contributed by atoms with Gasteiger partial charge >= 0.3 is 12.0 Å². The van der Waals surface area contributed by atoms with Crippen LogP contribution in [0.2, 0.25) is 0 Å².